The SMILES string of the molecule is O=C(COC(=O)c1c2c(nc3ccccc13)C(=Cc1ccccc1)CC2)Nc1ccc(OC(F)F)cc1. The Kier molecular flexibility index (Phi) is 6.89. The number of alkyl halides is 2. The highest BCUT2D eigenvalue weighted by molar-refractivity contribution is 6.08. The van der Waals surface area contributed by atoms with Crippen LogP contribution in [0.25, 0.3) is 22.6 Å². The number of para-hydroxylation sites is 1. The number of rotatable bonds is 7. The van der Waals surface area contributed by atoms with Gasteiger partial charge >= 0.3 is 12.6 Å². The van der Waals surface area contributed by atoms with Crippen molar-refractivity contribution in [2.45, 2.75) is 19.5 Å². The molecule has 37 heavy (non-hydrogen) atoms. The Labute approximate surface area is 211 Å². The molecule has 1 heterocycles. The van der Waals surface area contributed by atoms with Crippen molar-refractivity contribution in [3.8, 4) is 5.75 Å². The molecule has 0 atom stereocenters. The lowest BCUT2D eigenvalue weighted by atomic mass is 10.0. The highest BCUT2D eigenvalue weighted by Gasteiger charge is 2.28. The molecule has 0 bridgehead atoms. The molecule has 0 spiro atoms. The van der Waals surface area contributed by atoms with Crippen LogP contribution in [0.4, 0.5) is 14.5 Å². The van der Waals surface area contributed by atoms with Gasteiger partial charge in [0.25, 0.3) is 5.91 Å². The number of aromatic nitrogens is 1. The number of pyridine rings is 1. The average molecular weight is 501 g/mol. The van der Waals surface area contributed by atoms with Gasteiger partial charge in [0.2, 0.25) is 0 Å². The Morgan fingerprint density at radius 1 is 0.946 bits per heavy atom. The van der Waals surface area contributed by atoms with Gasteiger partial charge in [-0.05, 0) is 65.9 Å². The Morgan fingerprint density at radius 2 is 1.68 bits per heavy atom. The average Bonchev–Trinajstić information content (AvgIpc) is 3.29. The molecular formula is C29H22F2N2O4. The van der Waals surface area contributed by atoms with Crippen LogP contribution < -0.4 is 10.1 Å². The normalized spacial score (nSPS) is 13.5. The van der Waals surface area contributed by atoms with E-state index in [1.807, 2.05) is 54.6 Å². The molecule has 1 N–H and O–H groups in total. The molecular weight excluding hydrogens is 478 g/mol. The van der Waals surface area contributed by atoms with Crippen LogP contribution in [0.15, 0.2) is 78.9 Å². The smallest absolute Gasteiger partial charge is 0.387 e. The molecule has 8 heteroatoms. The number of nitrogens with zero attached hydrogens (tertiary/aromatic N) is 1. The van der Waals surface area contributed by atoms with Crippen LogP contribution in [0.5, 0.6) is 5.75 Å². The summed E-state index contributed by atoms with van der Waals surface area (Å²) in [5.41, 5.74) is 5.11. The van der Waals surface area contributed by atoms with Crippen molar-refractivity contribution in [2.24, 2.45) is 0 Å². The van der Waals surface area contributed by atoms with Crippen molar-refractivity contribution in [1.82, 2.24) is 4.98 Å². The Bertz CT molecular complexity index is 1490. The summed E-state index contributed by atoms with van der Waals surface area (Å²) in [6.45, 7) is -3.44. The first kappa shape index (κ1) is 24.1. The van der Waals surface area contributed by atoms with Gasteiger partial charge in [0.05, 0.1) is 16.8 Å². The van der Waals surface area contributed by atoms with Crippen LogP contribution in [0, 0.1) is 0 Å². The first-order chi connectivity index (χ1) is 18.0. The summed E-state index contributed by atoms with van der Waals surface area (Å²) in [6, 6.07) is 22.7. The van der Waals surface area contributed by atoms with Crippen LogP contribution >= 0.6 is 0 Å². The van der Waals surface area contributed by atoms with E-state index in [0.29, 0.717) is 28.6 Å². The minimum atomic E-state index is -2.93. The minimum absolute atomic E-state index is 0.0291. The largest absolute Gasteiger partial charge is 0.452 e. The highest BCUT2D eigenvalue weighted by Crippen LogP contribution is 2.37. The van der Waals surface area contributed by atoms with E-state index in [1.165, 1.54) is 24.3 Å². The molecule has 0 saturated heterocycles. The lowest BCUT2D eigenvalue weighted by Crippen LogP contribution is -2.21. The maximum atomic E-state index is 13.3. The van der Waals surface area contributed by atoms with Gasteiger partial charge in [-0.25, -0.2) is 9.78 Å². The van der Waals surface area contributed by atoms with Gasteiger partial charge in [0, 0.05) is 11.1 Å². The predicted molar refractivity (Wildman–Crippen MR) is 136 cm³/mol. The van der Waals surface area contributed by atoms with E-state index in [9.17, 15) is 18.4 Å². The summed E-state index contributed by atoms with van der Waals surface area (Å²) in [6.07, 6.45) is 3.45. The lowest BCUT2D eigenvalue weighted by Gasteiger charge is -2.13. The summed E-state index contributed by atoms with van der Waals surface area (Å²) in [7, 11) is 0. The monoisotopic (exact) mass is 500 g/mol. The van der Waals surface area contributed by atoms with E-state index in [4.69, 9.17) is 9.72 Å². The van der Waals surface area contributed by atoms with E-state index in [1.54, 1.807) is 0 Å². The van der Waals surface area contributed by atoms with E-state index < -0.39 is 25.1 Å². The molecule has 1 aromatic heterocycles. The Morgan fingerprint density at radius 3 is 2.43 bits per heavy atom. The fourth-order valence-corrected chi connectivity index (χ4v) is 4.38. The zero-order valence-electron chi connectivity index (χ0n) is 19.6. The molecule has 186 valence electrons. The first-order valence-electron chi connectivity index (χ1n) is 11.7. The zero-order chi connectivity index (χ0) is 25.8. The maximum Gasteiger partial charge on any atom is 0.387 e. The molecule has 0 fully saturated rings. The third-order valence-corrected chi connectivity index (χ3v) is 5.98. The zero-order valence-corrected chi connectivity index (χ0v) is 19.6. The minimum Gasteiger partial charge on any atom is -0.452 e. The van der Waals surface area contributed by atoms with Crippen LogP contribution in [0.1, 0.15) is 33.6 Å². The molecule has 5 rings (SSSR count). The van der Waals surface area contributed by atoms with Gasteiger partial charge in [-0.1, -0.05) is 48.5 Å². The van der Waals surface area contributed by atoms with Gasteiger partial charge in [0.1, 0.15) is 5.75 Å². The molecule has 1 aliphatic rings. The topological polar surface area (TPSA) is 77.5 Å². The van der Waals surface area contributed by atoms with Crippen molar-refractivity contribution in [2.75, 3.05) is 11.9 Å². The van der Waals surface area contributed by atoms with Crippen molar-refractivity contribution >= 4 is 40.1 Å². The molecule has 1 aliphatic carbocycles. The quantitative estimate of drug-likeness (QED) is 0.310. The number of hydrogen-bond donors (Lipinski definition) is 1. The Hall–Kier alpha value is -4.59. The molecule has 0 unspecified atom stereocenters. The van der Waals surface area contributed by atoms with Gasteiger partial charge < -0.3 is 14.8 Å². The number of hydrogen-bond acceptors (Lipinski definition) is 5. The second-order valence-corrected chi connectivity index (χ2v) is 8.44. The molecule has 1 amide bonds. The molecule has 3 aromatic carbocycles. The molecule has 0 aliphatic heterocycles. The van der Waals surface area contributed by atoms with Crippen molar-refractivity contribution in [3.63, 3.8) is 0 Å². The third kappa shape index (κ3) is 5.48. The fourth-order valence-electron chi connectivity index (χ4n) is 4.38. The summed E-state index contributed by atoms with van der Waals surface area (Å²) in [4.78, 5) is 30.5. The van der Waals surface area contributed by atoms with E-state index in [-0.39, 0.29) is 5.75 Å². The van der Waals surface area contributed by atoms with Crippen molar-refractivity contribution in [3.05, 3.63) is 101 Å². The third-order valence-electron chi connectivity index (χ3n) is 5.98. The summed E-state index contributed by atoms with van der Waals surface area (Å²) >= 11 is 0. The lowest BCUT2D eigenvalue weighted by molar-refractivity contribution is -0.119. The van der Waals surface area contributed by atoms with E-state index >= 15 is 0 Å². The Balaban J connectivity index is 1.35. The molecule has 0 radical (unpaired) electrons. The van der Waals surface area contributed by atoms with Gasteiger partial charge in [-0.15, -0.1) is 0 Å². The second kappa shape index (κ2) is 10.6. The van der Waals surface area contributed by atoms with Gasteiger partial charge in [-0.3, -0.25) is 4.79 Å². The number of allylic oxidation sites excluding steroid dienone is 1. The number of carbonyl (C=O) groups excluding carboxylic acids is 2. The van der Waals surface area contributed by atoms with Crippen LogP contribution in [-0.2, 0) is 16.0 Å². The van der Waals surface area contributed by atoms with E-state index in [0.717, 1.165) is 28.8 Å². The van der Waals surface area contributed by atoms with Gasteiger partial charge in [0.15, 0.2) is 6.61 Å². The molecule has 6 nitrogen and oxygen atoms in total. The summed E-state index contributed by atoms with van der Waals surface area (Å²) in [5, 5.41) is 3.24. The number of benzene rings is 3. The van der Waals surface area contributed by atoms with Crippen LogP contribution in [-0.4, -0.2) is 30.1 Å². The standard InChI is InChI=1S/C29H22F2N2O4/c30-29(31)37-21-13-11-20(12-14-21)32-25(34)17-36-28(35)26-22-8-4-5-9-24(22)33-27-19(10-15-23(26)27)16-18-6-2-1-3-7-18/h1-9,11-14,16,29H,10,15,17H2,(H,32,34). The number of nitrogens with one attached hydrogen (secondary N) is 1. The van der Waals surface area contributed by atoms with Gasteiger partial charge in [-0.2, -0.15) is 8.78 Å². The van der Waals surface area contributed by atoms with Crippen LogP contribution in [0.3, 0.4) is 0 Å². The summed E-state index contributed by atoms with van der Waals surface area (Å²) in [5.74, 6) is -1.19. The summed E-state index contributed by atoms with van der Waals surface area (Å²) < 4.78 is 34.3. The number of amides is 1. The number of halogens is 2. The maximum absolute atomic E-state index is 13.3. The number of fused-ring (bicyclic) bond motifs is 2. The highest BCUT2D eigenvalue weighted by atomic mass is 19.3. The fraction of sp³-hybridized carbons (Fsp3) is 0.138. The number of carbonyl (C=O) groups is 2. The first-order valence-corrected chi connectivity index (χ1v) is 11.7. The number of anilines is 1. The predicted octanol–water partition coefficient (Wildman–Crippen LogP) is 6.12. The molecule has 4 aromatic rings. The van der Waals surface area contributed by atoms with Crippen LogP contribution in [0.2, 0.25) is 0 Å². The number of esters is 1. The van der Waals surface area contributed by atoms with E-state index in [2.05, 4.69) is 16.1 Å². The van der Waals surface area contributed by atoms with Crippen molar-refractivity contribution < 1.29 is 27.8 Å². The van der Waals surface area contributed by atoms with Crippen molar-refractivity contribution in [1.29, 1.82) is 0 Å². The molecule has 0 saturated carbocycles. The number of ether oxygens (including phenoxy) is 2. The second-order valence-electron chi connectivity index (χ2n) is 8.44.